The van der Waals surface area contributed by atoms with Gasteiger partial charge in [-0.1, -0.05) is 45.9 Å². The summed E-state index contributed by atoms with van der Waals surface area (Å²) in [5, 5.41) is 4.47. The fourth-order valence-electron chi connectivity index (χ4n) is 4.18. The van der Waals surface area contributed by atoms with Gasteiger partial charge in [-0.2, -0.15) is 5.10 Å². The van der Waals surface area contributed by atoms with Gasteiger partial charge in [0, 0.05) is 25.0 Å². The summed E-state index contributed by atoms with van der Waals surface area (Å²) in [6, 6.07) is 15.0. The van der Waals surface area contributed by atoms with Gasteiger partial charge in [0.2, 0.25) is 0 Å². The van der Waals surface area contributed by atoms with Crippen molar-refractivity contribution in [1.82, 2.24) is 14.8 Å². The Hall–Kier alpha value is -2.66. The van der Waals surface area contributed by atoms with Gasteiger partial charge >= 0.3 is 0 Å². The minimum atomic E-state index is 0.283. The summed E-state index contributed by atoms with van der Waals surface area (Å²) in [5.41, 5.74) is 6.03. The highest BCUT2D eigenvalue weighted by atomic mass is 16.5. The molecule has 1 saturated heterocycles. The van der Waals surface area contributed by atoms with Gasteiger partial charge in [0.1, 0.15) is 5.82 Å². The van der Waals surface area contributed by atoms with E-state index in [1.165, 1.54) is 16.8 Å². The van der Waals surface area contributed by atoms with Crippen molar-refractivity contribution in [2.75, 3.05) is 18.0 Å². The van der Waals surface area contributed by atoms with Crippen LogP contribution >= 0.6 is 0 Å². The Morgan fingerprint density at radius 3 is 1.88 bits per heavy atom. The summed E-state index contributed by atoms with van der Waals surface area (Å²) < 4.78 is 7.72. The Morgan fingerprint density at radius 2 is 1.42 bits per heavy atom. The van der Waals surface area contributed by atoms with Crippen LogP contribution in [0.1, 0.15) is 75.9 Å². The van der Waals surface area contributed by atoms with E-state index in [0.717, 1.165) is 30.3 Å². The molecule has 0 bridgehead atoms. The average molecular weight is 449 g/mol. The zero-order chi connectivity index (χ0) is 24.1. The molecule has 0 radical (unpaired) electrons. The van der Waals surface area contributed by atoms with Gasteiger partial charge in [-0.05, 0) is 74.9 Å². The molecule has 1 fully saturated rings. The number of aromatic nitrogens is 3. The van der Waals surface area contributed by atoms with Crippen LogP contribution in [-0.2, 0) is 4.74 Å². The predicted octanol–water partition coefficient (Wildman–Crippen LogP) is 6.43. The number of hydrogen-bond donors (Lipinski definition) is 0. The summed E-state index contributed by atoms with van der Waals surface area (Å²) in [6.07, 6.45) is 2.56. The largest absolute Gasteiger partial charge is 0.372 e. The van der Waals surface area contributed by atoms with Crippen LogP contribution in [0.25, 0.3) is 5.69 Å². The first-order valence-electron chi connectivity index (χ1n) is 12.1. The predicted molar refractivity (Wildman–Crippen MR) is 138 cm³/mol. The molecule has 2 aromatic heterocycles. The quantitative estimate of drug-likeness (QED) is 0.461. The Morgan fingerprint density at radius 1 is 0.848 bits per heavy atom. The van der Waals surface area contributed by atoms with E-state index in [0.29, 0.717) is 11.8 Å². The van der Waals surface area contributed by atoms with Gasteiger partial charge in [-0.15, -0.1) is 0 Å². The Balaban J connectivity index is 0.000000186. The summed E-state index contributed by atoms with van der Waals surface area (Å²) in [5.74, 6) is 2.19. The van der Waals surface area contributed by atoms with E-state index in [1.807, 2.05) is 17.8 Å². The first-order valence-corrected chi connectivity index (χ1v) is 12.1. The number of nitrogens with zero attached hydrogens (tertiary/aromatic N) is 4. The molecular formula is C28H40N4O. The summed E-state index contributed by atoms with van der Waals surface area (Å²) >= 11 is 0. The zero-order valence-electron chi connectivity index (χ0n) is 21.5. The molecule has 3 aromatic rings. The maximum absolute atomic E-state index is 5.73. The average Bonchev–Trinajstić information content (AvgIpc) is 3.11. The lowest BCUT2D eigenvalue weighted by atomic mass is 10.0. The van der Waals surface area contributed by atoms with Crippen LogP contribution in [0, 0.1) is 13.8 Å². The monoisotopic (exact) mass is 448 g/mol. The molecule has 1 aromatic carbocycles. The van der Waals surface area contributed by atoms with E-state index in [4.69, 9.17) is 4.74 Å². The van der Waals surface area contributed by atoms with Crippen LogP contribution in [0.2, 0.25) is 0 Å². The number of pyridine rings is 1. The molecule has 0 aliphatic carbocycles. The molecule has 0 N–H and O–H groups in total. The van der Waals surface area contributed by atoms with Crippen LogP contribution < -0.4 is 4.90 Å². The third kappa shape index (κ3) is 6.67. The van der Waals surface area contributed by atoms with Crippen LogP contribution in [0.15, 0.2) is 48.7 Å². The summed E-state index contributed by atoms with van der Waals surface area (Å²) in [6.45, 7) is 19.0. The lowest BCUT2D eigenvalue weighted by Gasteiger charge is -2.36. The Bertz CT molecular complexity index is 995. The molecule has 33 heavy (non-hydrogen) atoms. The molecule has 5 heteroatoms. The first kappa shape index (κ1) is 25.0. The van der Waals surface area contributed by atoms with Gasteiger partial charge in [0.05, 0.1) is 23.6 Å². The number of benzene rings is 1. The second kappa shape index (κ2) is 11.0. The number of rotatable bonds is 4. The van der Waals surface area contributed by atoms with E-state index in [-0.39, 0.29) is 12.2 Å². The zero-order valence-corrected chi connectivity index (χ0v) is 21.5. The number of aryl methyl sites for hydroxylation is 2. The van der Waals surface area contributed by atoms with Crippen LogP contribution in [-0.4, -0.2) is 40.1 Å². The lowest BCUT2D eigenvalue weighted by molar-refractivity contribution is -0.00546. The van der Waals surface area contributed by atoms with E-state index in [1.54, 1.807) is 0 Å². The van der Waals surface area contributed by atoms with E-state index < -0.39 is 0 Å². The summed E-state index contributed by atoms with van der Waals surface area (Å²) in [4.78, 5) is 6.87. The van der Waals surface area contributed by atoms with Crippen molar-refractivity contribution in [1.29, 1.82) is 0 Å². The molecule has 2 atom stereocenters. The highest BCUT2D eigenvalue weighted by Gasteiger charge is 2.23. The second-order valence-electron chi connectivity index (χ2n) is 9.85. The normalized spacial score (nSPS) is 18.4. The third-order valence-corrected chi connectivity index (χ3v) is 5.99. The molecule has 0 spiro atoms. The molecule has 1 aliphatic heterocycles. The van der Waals surface area contributed by atoms with Gasteiger partial charge < -0.3 is 9.64 Å². The molecular weight excluding hydrogens is 408 g/mol. The topological polar surface area (TPSA) is 43.2 Å². The van der Waals surface area contributed by atoms with E-state index >= 15 is 0 Å². The minimum Gasteiger partial charge on any atom is -0.372 e. The number of anilines is 1. The number of morpholine rings is 1. The van der Waals surface area contributed by atoms with Gasteiger partial charge in [-0.25, -0.2) is 9.67 Å². The Labute approximate surface area is 199 Å². The smallest absolute Gasteiger partial charge is 0.128 e. The van der Waals surface area contributed by atoms with Crippen molar-refractivity contribution in [2.24, 2.45) is 0 Å². The molecule has 5 nitrogen and oxygen atoms in total. The second-order valence-corrected chi connectivity index (χ2v) is 9.85. The van der Waals surface area contributed by atoms with Crippen molar-refractivity contribution >= 4 is 5.82 Å². The third-order valence-electron chi connectivity index (χ3n) is 5.99. The van der Waals surface area contributed by atoms with Crippen molar-refractivity contribution < 1.29 is 4.74 Å². The molecule has 1 aliphatic rings. The first-order chi connectivity index (χ1) is 15.6. The molecule has 0 amide bonds. The lowest BCUT2D eigenvalue weighted by Crippen LogP contribution is -2.45. The molecule has 0 unspecified atom stereocenters. The van der Waals surface area contributed by atoms with Gasteiger partial charge in [0.15, 0.2) is 0 Å². The number of ether oxygens (including phenoxy) is 1. The summed E-state index contributed by atoms with van der Waals surface area (Å²) in [7, 11) is 0. The van der Waals surface area contributed by atoms with Crippen molar-refractivity contribution in [3.8, 4) is 5.69 Å². The van der Waals surface area contributed by atoms with Crippen molar-refractivity contribution in [3.63, 3.8) is 0 Å². The maximum atomic E-state index is 5.73. The van der Waals surface area contributed by atoms with E-state index in [2.05, 4.69) is 106 Å². The fourth-order valence-corrected chi connectivity index (χ4v) is 4.18. The highest BCUT2D eigenvalue weighted by molar-refractivity contribution is 5.40. The fraction of sp³-hybridized carbons (Fsp3) is 0.500. The number of hydrogen-bond acceptors (Lipinski definition) is 4. The van der Waals surface area contributed by atoms with Gasteiger partial charge in [0.25, 0.3) is 0 Å². The van der Waals surface area contributed by atoms with E-state index in [9.17, 15) is 0 Å². The van der Waals surface area contributed by atoms with Crippen LogP contribution in [0.3, 0.4) is 0 Å². The standard InChI is InChI=1S/C14H22N2O.C14H18N2/c1-10(2)13-5-6-14(15-7-13)16-8-11(3)17-12(4)9-16;1-10(2)13-5-7-14(8-6-13)16-12(4)9-11(3)15-16/h5-7,10-12H,8-9H2,1-4H3;5-10H,1-4H3/t11-,12+;. The van der Waals surface area contributed by atoms with Crippen molar-refractivity contribution in [2.45, 2.75) is 79.4 Å². The molecule has 3 heterocycles. The molecule has 4 rings (SSSR count). The minimum absolute atomic E-state index is 0.283. The molecule has 0 saturated carbocycles. The Kier molecular flexibility index (Phi) is 8.30. The maximum Gasteiger partial charge on any atom is 0.128 e. The van der Waals surface area contributed by atoms with Crippen LogP contribution in [0.5, 0.6) is 0 Å². The van der Waals surface area contributed by atoms with Crippen molar-refractivity contribution in [3.05, 3.63) is 71.2 Å². The molecule has 178 valence electrons. The SMILES string of the molecule is CC(C)c1ccc(N2C[C@@H](C)O[C@@H](C)C2)nc1.Cc1cc(C)n(-c2ccc(C(C)C)cc2)n1. The van der Waals surface area contributed by atoms with Crippen LogP contribution in [0.4, 0.5) is 5.82 Å². The highest BCUT2D eigenvalue weighted by Crippen LogP contribution is 2.21. The van der Waals surface area contributed by atoms with Gasteiger partial charge in [-0.3, -0.25) is 0 Å².